The third kappa shape index (κ3) is 4.38. The SMILES string of the molecule is COc1ccc(N2CCN(C(=O)C=Cc3cccc(F)c3)CC2)cc1. The van der Waals surface area contributed by atoms with Crippen molar-refractivity contribution in [1.29, 1.82) is 0 Å². The van der Waals surface area contributed by atoms with Crippen LogP contribution in [0.1, 0.15) is 5.56 Å². The molecular weight excluding hydrogens is 319 g/mol. The van der Waals surface area contributed by atoms with E-state index in [1.165, 1.54) is 18.2 Å². The molecule has 0 bridgehead atoms. The minimum atomic E-state index is -0.303. The number of ether oxygens (including phenoxy) is 1. The summed E-state index contributed by atoms with van der Waals surface area (Å²) in [6.07, 6.45) is 3.17. The lowest BCUT2D eigenvalue weighted by Crippen LogP contribution is -2.48. The second-order valence-corrected chi connectivity index (χ2v) is 5.90. The Morgan fingerprint density at radius 3 is 2.44 bits per heavy atom. The molecule has 0 spiro atoms. The van der Waals surface area contributed by atoms with Crippen LogP contribution < -0.4 is 9.64 Å². The lowest BCUT2D eigenvalue weighted by Gasteiger charge is -2.35. The van der Waals surface area contributed by atoms with Crippen LogP contribution in [0.15, 0.2) is 54.6 Å². The number of hydrogen-bond acceptors (Lipinski definition) is 3. The number of rotatable bonds is 4. The van der Waals surface area contributed by atoms with Crippen molar-refractivity contribution >= 4 is 17.7 Å². The van der Waals surface area contributed by atoms with Gasteiger partial charge >= 0.3 is 0 Å². The van der Waals surface area contributed by atoms with Crippen LogP contribution in [-0.2, 0) is 4.79 Å². The largest absolute Gasteiger partial charge is 0.497 e. The van der Waals surface area contributed by atoms with Gasteiger partial charge in [0.1, 0.15) is 11.6 Å². The molecule has 5 heteroatoms. The summed E-state index contributed by atoms with van der Waals surface area (Å²) in [6, 6.07) is 14.1. The van der Waals surface area contributed by atoms with Gasteiger partial charge in [-0.25, -0.2) is 4.39 Å². The van der Waals surface area contributed by atoms with E-state index in [1.807, 2.05) is 29.2 Å². The van der Waals surface area contributed by atoms with Crippen molar-refractivity contribution in [3.05, 3.63) is 66.0 Å². The van der Waals surface area contributed by atoms with Crippen LogP contribution in [0, 0.1) is 5.82 Å². The Morgan fingerprint density at radius 2 is 1.80 bits per heavy atom. The van der Waals surface area contributed by atoms with Crippen molar-refractivity contribution < 1.29 is 13.9 Å². The summed E-state index contributed by atoms with van der Waals surface area (Å²) in [6.45, 7) is 2.90. The second kappa shape index (κ2) is 7.83. The van der Waals surface area contributed by atoms with E-state index in [1.54, 1.807) is 25.3 Å². The highest BCUT2D eigenvalue weighted by Gasteiger charge is 2.19. The number of hydrogen-bond donors (Lipinski definition) is 0. The summed E-state index contributed by atoms with van der Waals surface area (Å²) < 4.78 is 18.3. The molecule has 130 valence electrons. The van der Waals surface area contributed by atoms with Crippen molar-refractivity contribution in [3.8, 4) is 5.75 Å². The van der Waals surface area contributed by atoms with Crippen molar-refractivity contribution in [2.24, 2.45) is 0 Å². The van der Waals surface area contributed by atoms with Gasteiger partial charge in [-0.3, -0.25) is 4.79 Å². The molecule has 1 aliphatic rings. The zero-order valence-electron chi connectivity index (χ0n) is 14.2. The first-order chi connectivity index (χ1) is 12.2. The molecule has 0 atom stereocenters. The summed E-state index contributed by atoms with van der Waals surface area (Å²) in [5, 5.41) is 0. The van der Waals surface area contributed by atoms with E-state index >= 15 is 0 Å². The van der Waals surface area contributed by atoms with Gasteiger partial charge in [-0.2, -0.15) is 0 Å². The fourth-order valence-corrected chi connectivity index (χ4v) is 2.86. The number of amides is 1. The molecule has 1 saturated heterocycles. The zero-order valence-corrected chi connectivity index (χ0v) is 14.2. The predicted molar refractivity (Wildman–Crippen MR) is 97.2 cm³/mol. The van der Waals surface area contributed by atoms with E-state index in [9.17, 15) is 9.18 Å². The third-order valence-electron chi connectivity index (χ3n) is 4.30. The molecule has 0 saturated carbocycles. The van der Waals surface area contributed by atoms with Crippen molar-refractivity contribution in [2.75, 3.05) is 38.2 Å². The summed E-state index contributed by atoms with van der Waals surface area (Å²) in [5.74, 6) is 0.487. The fourth-order valence-electron chi connectivity index (χ4n) is 2.86. The van der Waals surface area contributed by atoms with Gasteiger partial charge in [0, 0.05) is 37.9 Å². The summed E-state index contributed by atoms with van der Waals surface area (Å²) in [5.41, 5.74) is 1.81. The first kappa shape index (κ1) is 17.0. The Labute approximate surface area is 147 Å². The molecule has 2 aromatic rings. The number of methoxy groups -OCH3 is 1. The molecule has 2 aromatic carbocycles. The Bertz CT molecular complexity index is 751. The molecule has 4 nitrogen and oxygen atoms in total. The van der Waals surface area contributed by atoms with Gasteiger partial charge in [0.25, 0.3) is 0 Å². The minimum absolute atomic E-state index is 0.0429. The number of halogens is 1. The van der Waals surface area contributed by atoms with Gasteiger partial charge in [0.2, 0.25) is 5.91 Å². The predicted octanol–water partition coefficient (Wildman–Crippen LogP) is 3.20. The number of nitrogens with zero attached hydrogens (tertiary/aromatic N) is 2. The van der Waals surface area contributed by atoms with Gasteiger partial charge in [0.05, 0.1) is 7.11 Å². The van der Waals surface area contributed by atoms with Crippen LogP contribution in [0.5, 0.6) is 5.75 Å². The Morgan fingerprint density at radius 1 is 1.08 bits per heavy atom. The number of carbonyl (C=O) groups excluding carboxylic acids is 1. The zero-order chi connectivity index (χ0) is 17.6. The third-order valence-corrected chi connectivity index (χ3v) is 4.30. The molecule has 1 heterocycles. The van der Waals surface area contributed by atoms with E-state index in [-0.39, 0.29) is 11.7 Å². The van der Waals surface area contributed by atoms with Crippen molar-refractivity contribution in [3.63, 3.8) is 0 Å². The smallest absolute Gasteiger partial charge is 0.246 e. The van der Waals surface area contributed by atoms with E-state index in [0.29, 0.717) is 18.7 Å². The van der Waals surface area contributed by atoms with Gasteiger partial charge in [-0.15, -0.1) is 0 Å². The highest BCUT2D eigenvalue weighted by molar-refractivity contribution is 5.92. The standard InChI is InChI=1S/C20H21FN2O2/c1-25-19-8-6-18(7-9-19)22-11-13-23(14-12-22)20(24)10-5-16-3-2-4-17(21)15-16/h2-10,15H,11-14H2,1H3. The molecule has 0 radical (unpaired) electrons. The maximum absolute atomic E-state index is 13.2. The van der Waals surface area contributed by atoms with E-state index in [0.717, 1.165) is 24.5 Å². The Balaban J connectivity index is 1.55. The van der Waals surface area contributed by atoms with Crippen LogP contribution in [0.3, 0.4) is 0 Å². The lowest BCUT2D eigenvalue weighted by molar-refractivity contribution is -0.126. The molecule has 0 aromatic heterocycles. The molecule has 3 rings (SSSR count). The quantitative estimate of drug-likeness (QED) is 0.802. The van der Waals surface area contributed by atoms with Crippen molar-refractivity contribution in [1.82, 2.24) is 4.90 Å². The van der Waals surface area contributed by atoms with Crippen molar-refractivity contribution in [2.45, 2.75) is 0 Å². The Hall–Kier alpha value is -2.82. The second-order valence-electron chi connectivity index (χ2n) is 5.90. The molecule has 0 aliphatic carbocycles. The van der Waals surface area contributed by atoms with Gasteiger partial charge in [0.15, 0.2) is 0 Å². The molecule has 1 fully saturated rings. The number of anilines is 1. The van der Waals surface area contributed by atoms with E-state index in [4.69, 9.17) is 4.74 Å². The van der Waals surface area contributed by atoms with E-state index in [2.05, 4.69) is 4.90 Å². The van der Waals surface area contributed by atoms with E-state index < -0.39 is 0 Å². The summed E-state index contributed by atoms with van der Waals surface area (Å²) in [4.78, 5) is 16.4. The number of carbonyl (C=O) groups is 1. The normalized spacial score (nSPS) is 14.8. The van der Waals surface area contributed by atoms with Gasteiger partial charge in [-0.05, 0) is 48.0 Å². The monoisotopic (exact) mass is 340 g/mol. The topological polar surface area (TPSA) is 32.8 Å². The Kier molecular flexibility index (Phi) is 5.33. The molecule has 0 unspecified atom stereocenters. The first-order valence-corrected chi connectivity index (χ1v) is 8.27. The van der Waals surface area contributed by atoms with Crippen LogP contribution >= 0.6 is 0 Å². The molecule has 1 amide bonds. The molecular formula is C20H21FN2O2. The maximum Gasteiger partial charge on any atom is 0.246 e. The van der Waals surface area contributed by atoms with Crippen LogP contribution in [0.4, 0.5) is 10.1 Å². The first-order valence-electron chi connectivity index (χ1n) is 8.27. The highest BCUT2D eigenvalue weighted by atomic mass is 19.1. The number of piperazine rings is 1. The average Bonchev–Trinajstić information content (AvgIpc) is 2.66. The summed E-state index contributed by atoms with van der Waals surface area (Å²) >= 11 is 0. The van der Waals surface area contributed by atoms with Crippen LogP contribution in [0.25, 0.3) is 6.08 Å². The minimum Gasteiger partial charge on any atom is -0.497 e. The van der Waals surface area contributed by atoms with Gasteiger partial charge in [-0.1, -0.05) is 12.1 Å². The molecule has 25 heavy (non-hydrogen) atoms. The fraction of sp³-hybridized carbons (Fsp3) is 0.250. The summed E-state index contributed by atoms with van der Waals surface area (Å²) in [7, 11) is 1.65. The molecule has 0 N–H and O–H groups in total. The highest BCUT2D eigenvalue weighted by Crippen LogP contribution is 2.20. The van der Waals surface area contributed by atoms with Crippen LogP contribution in [-0.4, -0.2) is 44.1 Å². The van der Waals surface area contributed by atoms with Gasteiger partial charge < -0.3 is 14.5 Å². The lowest BCUT2D eigenvalue weighted by atomic mass is 10.2. The maximum atomic E-state index is 13.2. The average molecular weight is 340 g/mol. The van der Waals surface area contributed by atoms with Crippen LogP contribution in [0.2, 0.25) is 0 Å². The molecule has 1 aliphatic heterocycles. The number of benzene rings is 2.